The number of hydrogen-bond acceptors (Lipinski definition) is 3. The predicted octanol–water partition coefficient (Wildman–Crippen LogP) is 3.81. The van der Waals surface area contributed by atoms with Crippen LogP contribution in [0, 0.1) is 10.1 Å². The molecule has 1 N–H and O–H groups in total. The van der Waals surface area contributed by atoms with E-state index in [1.807, 2.05) is 30.3 Å². The number of nitrogens with zero attached hydrogens (tertiary/aromatic N) is 1. The number of benzene rings is 2. The van der Waals surface area contributed by atoms with Crippen LogP contribution in [0.2, 0.25) is 0 Å². The van der Waals surface area contributed by atoms with Gasteiger partial charge in [0, 0.05) is 17.8 Å². The summed E-state index contributed by atoms with van der Waals surface area (Å²) in [5, 5.41) is 13.2. The zero-order chi connectivity index (χ0) is 15.2. The Morgan fingerprint density at radius 2 is 1.86 bits per heavy atom. The molecule has 5 nitrogen and oxygen atoms in total. The highest BCUT2D eigenvalue weighted by molar-refractivity contribution is 6.45. The third kappa shape index (κ3) is 4.15. The second-order valence-electron chi connectivity index (χ2n) is 4.16. The Morgan fingerprint density at radius 3 is 2.52 bits per heavy atom. The van der Waals surface area contributed by atoms with Crippen LogP contribution in [0.4, 0.5) is 11.4 Å². The number of amides is 1. The number of nitrogens with one attached hydrogen (secondary N) is 1. The van der Waals surface area contributed by atoms with Gasteiger partial charge in [-0.25, -0.2) is 0 Å². The third-order valence-corrected chi connectivity index (χ3v) is 2.91. The van der Waals surface area contributed by atoms with E-state index < -0.39 is 10.8 Å². The molecule has 0 saturated carbocycles. The number of hydrogen-bond donors (Lipinski definition) is 1. The highest BCUT2D eigenvalue weighted by Gasteiger charge is 2.10. The van der Waals surface area contributed by atoms with Crippen molar-refractivity contribution in [3.05, 3.63) is 75.3 Å². The summed E-state index contributed by atoms with van der Waals surface area (Å²) in [7, 11) is 0. The minimum Gasteiger partial charge on any atom is -0.321 e. The molecule has 0 bridgehead atoms. The molecule has 2 aromatic carbocycles. The Balaban J connectivity index is 2.12. The highest BCUT2D eigenvalue weighted by Crippen LogP contribution is 2.19. The van der Waals surface area contributed by atoms with E-state index in [-0.39, 0.29) is 10.7 Å². The molecule has 0 spiro atoms. The summed E-state index contributed by atoms with van der Waals surface area (Å²) in [6.07, 6.45) is 1.52. The van der Waals surface area contributed by atoms with Gasteiger partial charge in [0.2, 0.25) is 0 Å². The number of rotatable bonds is 4. The summed E-state index contributed by atoms with van der Waals surface area (Å²) in [5.41, 5.74) is 1.00. The zero-order valence-corrected chi connectivity index (χ0v) is 11.6. The largest absolute Gasteiger partial charge is 0.321 e. The summed E-state index contributed by atoms with van der Waals surface area (Å²) in [6.45, 7) is 0. The fourth-order valence-electron chi connectivity index (χ4n) is 1.65. The molecular weight excluding hydrogens is 292 g/mol. The average molecular weight is 303 g/mol. The van der Waals surface area contributed by atoms with E-state index in [1.165, 1.54) is 24.3 Å². The van der Waals surface area contributed by atoms with Gasteiger partial charge in [-0.3, -0.25) is 14.9 Å². The van der Waals surface area contributed by atoms with Crippen LogP contribution in [-0.2, 0) is 4.79 Å². The number of nitro groups is 1. The maximum absolute atomic E-state index is 11.9. The lowest BCUT2D eigenvalue weighted by Crippen LogP contribution is -2.11. The Bertz CT molecular complexity index is 699. The van der Waals surface area contributed by atoms with E-state index in [4.69, 9.17) is 11.6 Å². The molecular formula is C15H11ClN2O3. The van der Waals surface area contributed by atoms with Crippen molar-refractivity contribution in [3.8, 4) is 0 Å². The minimum atomic E-state index is -0.531. The molecule has 0 aliphatic rings. The molecule has 0 saturated heterocycles. The van der Waals surface area contributed by atoms with Crippen molar-refractivity contribution < 1.29 is 9.72 Å². The summed E-state index contributed by atoms with van der Waals surface area (Å²) >= 11 is 5.93. The van der Waals surface area contributed by atoms with Crippen molar-refractivity contribution in [1.29, 1.82) is 0 Å². The molecule has 6 heteroatoms. The second kappa shape index (κ2) is 6.67. The minimum absolute atomic E-state index is 0.00675. The molecule has 0 aliphatic heterocycles. The fraction of sp³-hybridized carbons (Fsp3) is 0. The lowest BCUT2D eigenvalue weighted by atomic mass is 10.2. The van der Waals surface area contributed by atoms with Crippen LogP contribution in [0.3, 0.4) is 0 Å². The molecule has 0 heterocycles. The highest BCUT2D eigenvalue weighted by atomic mass is 35.5. The molecule has 0 radical (unpaired) electrons. The van der Waals surface area contributed by atoms with Crippen LogP contribution in [0.5, 0.6) is 0 Å². The van der Waals surface area contributed by atoms with Crippen molar-refractivity contribution in [2.45, 2.75) is 0 Å². The summed E-state index contributed by atoms with van der Waals surface area (Å²) in [4.78, 5) is 22.1. The standard InChI is InChI=1S/C15H11ClN2O3/c16-14(9-11-5-2-1-3-6-11)15(19)17-12-7-4-8-13(10-12)18(20)21/h1-10H,(H,17,19)/b14-9-. The topological polar surface area (TPSA) is 72.2 Å². The maximum atomic E-state index is 11.9. The molecule has 106 valence electrons. The zero-order valence-electron chi connectivity index (χ0n) is 10.8. The summed E-state index contributed by atoms with van der Waals surface area (Å²) < 4.78 is 0. The first-order valence-electron chi connectivity index (χ1n) is 6.04. The molecule has 0 aliphatic carbocycles. The first-order chi connectivity index (χ1) is 10.1. The van der Waals surface area contributed by atoms with Crippen LogP contribution in [0.15, 0.2) is 59.6 Å². The quantitative estimate of drug-likeness (QED) is 0.530. The van der Waals surface area contributed by atoms with E-state index in [2.05, 4.69) is 5.32 Å². The maximum Gasteiger partial charge on any atom is 0.271 e. The fourth-order valence-corrected chi connectivity index (χ4v) is 1.82. The molecule has 0 atom stereocenters. The van der Waals surface area contributed by atoms with E-state index in [0.717, 1.165) is 5.56 Å². The van der Waals surface area contributed by atoms with Crippen molar-refractivity contribution in [2.75, 3.05) is 5.32 Å². The monoisotopic (exact) mass is 302 g/mol. The normalized spacial score (nSPS) is 11.0. The van der Waals surface area contributed by atoms with Crippen LogP contribution >= 0.6 is 11.6 Å². The Morgan fingerprint density at radius 1 is 1.14 bits per heavy atom. The van der Waals surface area contributed by atoms with Crippen LogP contribution < -0.4 is 5.32 Å². The van der Waals surface area contributed by atoms with Crippen molar-refractivity contribution in [1.82, 2.24) is 0 Å². The van der Waals surface area contributed by atoms with Gasteiger partial charge in [0.05, 0.1) is 4.92 Å². The lowest BCUT2D eigenvalue weighted by Gasteiger charge is -2.04. The lowest BCUT2D eigenvalue weighted by molar-refractivity contribution is -0.384. The Labute approximate surface area is 126 Å². The van der Waals surface area contributed by atoms with Gasteiger partial charge in [0.25, 0.3) is 11.6 Å². The van der Waals surface area contributed by atoms with E-state index in [9.17, 15) is 14.9 Å². The third-order valence-electron chi connectivity index (χ3n) is 2.62. The predicted molar refractivity (Wildman–Crippen MR) is 82.0 cm³/mol. The number of non-ortho nitro benzene ring substituents is 1. The molecule has 0 aromatic heterocycles. The van der Waals surface area contributed by atoms with Crippen LogP contribution in [0.1, 0.15) is 5.56 Å². The van der Waals surface area contributed by atoms with Crippen LogP contribution in [0.25, 0.3) is 6.08 Å². The SMILES string of the molecule is O=C(Nc1cccc([N+](=O)[O-])c1)/C(Cl)=C/c1ccccc1. The van der Waals surface area contributed by atoms with E-state index >= 15 is 0 Å². The molecule has 21 heavy (non-hydrogen) atoms. The van der Waals surface area contributed by atoms with Gasteiger partial charge in [-0.2, -0.15) is 0 Å². The second-order valence-corrected chi connectivity index (χ2v) is 4.57. The van der Waals surface area contributed by atoms with Gasteiger partial charge in [0.1, 0.15) is 5.03 Å². The Hall–Kier alpha value is -2.66. The van der Waals surface area contributed by atoms with Crippen molar-refractivity contribution in [3.63, 3.8) is 0 Å². The van der Waals surface area contributed by atoms with Gasteiger partial charge in [-0.15, -0.1) is 0 Å². The first kappa shape index (κ1) is 14.7. The van der Waals surface area contributed by atoms with E-state index in [0.29, 0.717) is 5.69 Å². The molecule has 0 fully saturated rings. The molecule has 2 aromatic rings. The van der Waals surface area contributed by atoms with E-state index in [1.54, 1.807) is 6.07 Å². The van der Waals surface area contributed by atoms with Gasteiger partial charge < -0.3 is 5.32 Å². The van der Waals surface area contributed by atoms with Gasteiger partial charge in [-0.05, 0) is 17.7 Å². The number of carbonyl (C=O) groups excluding carboxylic acids is 1. The van der Waals surface area contributed by atoms with Gasteiger partial charge in [-0.1, -0.05) is 48.0 Å². The number of anilines is 1. The number of carbonyl (C=O) groups is 1. The smallest absolute Gasteiger partial charge is 0.271 e. The molecule has 1 amide bonds. The van der Waals surface area contributed by atoms with Crippen LogP contribution in [-0.4, -0.2) is 10.8 Å². The number of nitro benzene ring substituents is 1. The van der Waals surface area contributed by atoms with Gasteiger partial charge >= 0.3 is 0 Å². The summed E-state index contributed by atoms with van der Waals surface area (Å²) in [5.74, 6) is -0.527. The number of halogens is 1. The van der Waals surface area contributed by atoms with Crippen molar-refractivity contribution >= 4 is 35.0 Å². The van der Waals surface area contributed by atoms with Crippen molar-refractivity contribution in [2.24, 2.45) is 0 Å². The summed E-state index contributed by atoms with van der Waals surface area (Å²) in [6, 6.07) is 14.8. The first-order valence-corrected chi connectivity index (χ1v) is 6.42. The molecule has 0 unspecified atom stereocenters. The Kier molecular flexibility index (Phi) is 4.68. The molecule has 2 rings (SSSR count). The van der Waals surface area contributed by atoms with Gasteiger partial charge in [0.15, 0.2) is 0 Å². The average Bonchev–Trinajstić information content (AvgIpc) is 2.48.